The van der Waals surface area contributed by atoms with Gasteiger partial charge < -0.3 is 30.2 Å². The van der Waals surface area contributed by atoms with E-state index < -0.39 is 85.8 Å². The first-order chi connectivity index (χ1) is 35.9. The first kappa shape index (κ1) is 50.0. The van der Waals surface area contributed by atoms with Gasteiger partial charge in [-0.25, -0.2) is 9.78 Å². The van der Waals surface area contributed by atoms with Gasteiger partial charge in [0.1, 0.15) is 28.1 Å². The molecule has 3 atom stereocenters. The molecule has 2 unspecified atom stereocenters. The van der Waals surface area contributed by atoms with E-state index in [2.05, 4.69) is 15.8 Å². The number of fused-ring (bicyclic) bond motifs is 1. The van der Waals surface area contributed by atoms with Gasteiger partial charge in [-0.05, 0) is 33.9 Å². The number of hydrogen-bond acceptors (Lipinski definition) is 15. The molecule has 372 valence electrons. The van der Waals surface area contributed by atoms with Crippen molar-refractivity contribution in [2.45, 2.75) is 23.1 Å². The topological polar surface area (TPSA) is 246 Å². The zero-order valence-corrected chi connectivity index (χ0v) is 40.5. The molecule has 0 bridgehead atoms. The Labute approximate surface area is 430 Å². The Hall–Kier alpha value is -9.01. The number of carboxylic acid groups (broad SMARTS) is 1. The molecule has 2 fully saturated rings. The Bertz CT molecular complexity index is 3140. The summed E-state index contributed by atoms with van der Waals surface area (Å²) in [7, 11) is 0. The van der Waals surface area contributed by atoms with Crippen LogP contribution in [-0.4, -0.2) is 84.6 Å². The maximum atomic E-state index is 14.8. The van der Waals surface area contributed by atoms with E-state index in [1.807, 2.05) is 103 Å². The number of nitro groups is 2. The minimum atomic E-state index is -1.64. The van der Waals surface area contributed by atoms with Crippen LogP contribution < -0.4 is 10.6 Å². The summed E-state index contributed by atoms with van der Waals surface area (Å²) < 4.78 is 6.34. The highest BCUT2D eigenvalue weighted by atomic mass is 32.2. The maximum Gasteiger partial charge on any atom is 0.344 e. The molecule has 20 heteroatoms. The van der Waals surface area contributed by atoms with E-state index in [0.717, 1.165) is 51.9 Å². The van der Waals surface area contributed by atoms with Crippen molar-refractivity contribution in [2.24, 2.45) is 10.6 Å². The van der Waals surface area contributed by atoms with Crippen LogP contribution in [0.5, 0.6) is 0 Å². The molecule has 0 radical (unpaired) electrons. The predicted molar refractivity (Wildman–Crippen MR) is 277 cm³/mol. The van der Waals surface area contributed by atoms with Crippen molar-refractivity contribution in [3.05, 3.63) is 241 Å². The fourth-order valence-corrected chi connectivity index (χ4v) is 11.1. The minimum Gasteiger partial charge on any atom is -0.479 e. The summed E-state index contributed by atoms with van der Waals surface area (Å²) in [5, 5.41) is 44.6. The molecule has 6 aromatic carbocycles. The van der Waals surface area contributed by atoms with Crippen LogP contribution in [0.25, 0.3) is 6.08 Å². The number of benzene rings is 6. The molecule has 18 nitrogen and oxygen atoms in total. The summed E-state index contributed by atoms with van der Waals surface area (Å²) in [5.74, 6) is -3.66. The molecule has 3 heterocycles. The van der Waals surface area contributed by atoms with Gasteiger partial charge in [0.15, 0.2) is 16.9 Å². The molecule has 0 saturated carbocycles. The number of hydrogen-bond donors (Lipinski definition) is 3. The van der Waals surface area contributed by atoms with Gasteiger partial charge in [-0.1, -0.05) is 169 Å². The number of rotatable bonds is 19. The zero-order chi connectivity index (χ0) is 51.8. The Balaban J connectivity index is 1.00. The molecule has 0 spiro atoms. The fraction of sp³-hybridized carbons (Fsp3) is 0.148. The predicted octanol–water partition coefficient (Wildman–Crippen LogP) is 8.60. The van der Waals surface area contributed by atoms with Crippen LogP contribution in [0.1, 0.15) is 45.2 Å². The van der Waals surface area contributed by atoms with Gasteiger partial charge in [0.25, 0.3) is 17.3 Å². The number of anilines is 1. The summed E-state index contributed by atoms with van der Waals surface area (Å²) in [6.07, 6.45) is 1.83. The first-order valence-electron chi connectivity index (χ1n) is 22.9. The van der Waals surface area contributed by atoms with Crippen molar-refractivity contribution in [3.8, 4) is 0 Å². The average Bonchev–Trinajstić information content (AvgIpc) is 3.90. The number of aliphatic carboxylic acids is 1. The Morgan fingerprint density at radius 1 is 0.824 bits per heavy atom. The molecule has 74 heavy (non-hydrogen) atoms. The number of non-ortho nitro benzene ring substituents is 1. The number of ether oxygens (including phenoxy) is 1. The third-order valence-electron chi connectivity index (χ3n) is 12.5. The zero-order valence-electron chi connectivity index (χ0n) is 38.8. The molecule has 0 aliphatic carbocycles. The number of nitrogens with zero attached hydrogens (tertiary/aromatic N) is 5. The van der Waals surface area contributed by atoms with Gasteiger partial charge in [0.05, 0.1) is 21.5 Å². The number of oxime groups is 1. The van der Waals surface area contributed by atoms with Crippen molar-refractivity contribution < 1.29 is 43.7 Å². The highest BCUT2D eigenvalue weighted by Crippen LogP contribution is 2.46. The summed E-state index contributed by atoms with van der Waals surface area (Å²) in [6.45, 7) is -1.16. The van der Waals surface area contributed by atoms with E-state index in [0.29, 0.717) is 16.3 Å². The van der Waals surface area contributed by atoms with Crippen molar-refractivity contribution in [2.75, 3.05) is 24.2 Å². The Morgan fingerprint density at radius 3 is 1.91 bits per heavy atom. The number of amides is 2. The van der Waals surface area contributed by atoms with E-state index in [9.17, 15) is 44.5 Å². The molecule has 3 N–H and O–H groups in total. The molecule has 1 aromatic heterocycles. The van der Waals surface area contributed by atoms with E-state index >= 15 is 0 Å². The molecule has 2 aliphatic rings. The van der Waals surface area contributed by atoms with Gasteiger partial charge in [0, 0.05) is 23.7 Å². The number of carbonyl (C=O) groups excluding carboxylic acids is 3. The highest BCUT2D eigenvalue weighted by molar-refractivity contribution is 8.00. The second-order valence-corrected chi connectivity index (χ2v) is 19.1. The van der Waals surface area contributed by atoms with Crippen LogP contribution in [0.2, 0.25) is 0 Å². The number of aromatic nitrogens is 1. The molecular weight excluding hydrogens is 987 g/mol. The van der Waals surface area contributed by atoms with Crippen LogP contribution in [0, 0.1) is 25.6 Å². The number of carboxylic acids is 1. The first-order valence-corrected chi connectivity index (χ1v) is 24.8. The molecule has 2 aliphatic heterocycles. The summed E-state index contributed by atoms with van der Waals surface area (Å²) in [4.78, 5) is 88.4. The van der Waals surface area contributed by atoms with E-state index in [1.165, 1.54) is 23.1 Å². The second kappa shape index (κ2) is 21.8. The van der Waals surface area contributed by atoms with Crippen molar-refractivity contribution >= 4 is 75.1 Å². The monoisotopic (exact) mass is 1030 g/mol. The van der Waals surface area contributed by atoms with Crippen LogP contribution in [-0.2, 0) is 34.3 Å². The quantitative estimate of drug-likeness (QED) is 0.0172. The van der Waals surface area contributed by atoms with E-state index in [1.54, 1.807) is 53.9 Å². The van der Waals surface area contributed by atoms with E-state index in [4.69, 9.17) is 14.6 Å². The molecular formula is C54H43N7O11S2. The largest absolute Gasteiger partial charge is 0.479 e. The third kappa shape index (κ3) is 10.3. The van der Waals surface area contributed by atoms with Crippen LogP contribution >= 0.6 is 23.1 Å². The van der Waals surface area contributed by atoms with Gasteiger partial charge in [0.2, 0.25) is 12.5 Å². The molecule has 2 saturated heterocycles. The lowest BCUT2D eigenvalue weighted by molar-refractivity contribution is -0.394. The maximum absolute atomic E-state index is 14.8. The van der Waals surface area contributed by atoms with Gasteiger partial charge in [-0.3, -0.25) is 34.6 Å². The average molecular weight is 1030 g/mol. The number of nitrogens with one attached hydrogen (secondary N) is 2. The third-order valence-corrected chi connectivity index (χ3v) is 14.8. The summed E-state index contributed by atoms with van der Waals surface area (Å²) in [5.41, 5.74) is -0.187. The normalized spacial score (nSPS) is 17.4. The minimum absolute atomic E-state index is 0.0158. The van der Waals surface area contributed by atoms with Crippen LogP contribution in [0.15, 0.2) is 186 Å². The lowest BCUT2D eigenvalue weighted by Gasteiger charge is -2.53. The van der Waals surface area contributed by atoms with E-state index in [-0.39, 0.29) is 23.6 Å². The fourth-order valence-electron chi connectivity index (χ4n) is 8.84. The summed E-state index contributed by atoms with van der Waals surface area (Å²) >= 11 is 2.31. The lowest BCUT2D eigenvalue weighted by atomic mass is 9.77. The number of carbonyl (C=O) groups is 4. The number of esters is 1. The number of thiazole rings is 1. The highest BCUT2D eigenvalue weighted by Gasteiger charge is 2.57. The van der Waals surface area contributed by atoms with Crippen LogP contribution in [0.3, 0.4) is 0 Å². The molecule has 2 amide bonds. The van der Waals surface area contributed by atoms with Crippen molar-refractivity contribution in [3.63, 3.8) is 0 Å². The second-order valence-electron chi connectivity index (χ2n) is 17.1. The SMILES string of the molecule is O=C(O)CON=C(C(=O)NC1C(=O)N2CC(C=Cc3ccc([N+](=O)[O-])cc3[N+](=O)[O-])(C(=O)OC(c3ccccc3)c3ccccc3)CS[C@H]12)c1csc(NC(c2ccccc2)(c2ccccc2)c2ccccc2)n1. The number of β-lactam (4-membered cyclic amide) rings is 1. The lowest BCUT2D eigenvalue weighted by Crippen LogP contribution is -2.74. The van der Waals surface area contributed by atoms with Gasteiger partial charge >= 0.3 is 11.9 Å². The summed E-state index contributed by atoms with van der Waals surface area (Å²) in [6, 6.07) is 49.2. The van der Waals surface area contributed by atoms with Crippen molar-refractivity contribution in [1.82, 2.24) is 15.2 Å². The Morgan fingerprint density at radius 2 is 1.38 bits per heavy atom. The number of nitro benzene ring substituents is 2. The Kier molecular flexibility index (Phi) is 14.7. The van der Waals surface area contributed by atoms with Crippen molar-refractivity contribution in [1.29, 1.82) is 0 Å². The number of thioether (sulfide) groups is 1. The smallest absolute Gasteiger partial charge is 0.344 e. The van der Waals surface area contributed by atoms with Gasteiger partial charge in [-0.15, -0.1) is 23.1 Å². The molecule has 7 aromatic rings. The van der Waals surface area contributed by atoms with Gasteiger partial charge in [-0.2, -0.15) is 0 Å². The van der Waals surface area contributed by atoms with Crippen LogP contribution in [0.4, 0.5) is 16.5 Å². The molecule has 9 rings (SSSR count). The standard InChI is InChI=1S/C54H43N7O11S2/c62-44(63)31-71-58-45(42-32-73-52(55-42)57-54(38-20-10-3-11-21-38,39-22-12-4-13-23-39)40-24-14-5-15-25-40)48(64)56-46-49(65)59-33-53(34-74-50(46)59,29-28-35-26-27-41(60(67)68)30-43(35)61(69)70)51(66)72-47(36-16-6-1-7-17-36)37-18-8-2-9-19-37/h1-30,32,46-47,50H,31,33-34H2,(H,55,57)(H,56,64)(H,62,63)/t46?,50-,53?/m1/s1.